The molecule has 1 atom stereocenters. The van der Waals surface area contributed by atoms with Gasteiger partial charge in [-0.05, 0) is 37.0 Å². The van der Waals surface area contributed by atoms with Crippen LogP contribution >= 0.6 is 39.9 Å². The number of hydrogen-bond acceptors (Lipinski definition) is 2. The Bertz CT molecular complexity index is 597. The largest absolute Gasteiger partial charge is 0.356 e. The average Bonchev–Trinajstić information content (AvgIpc) is 3.26. The van der Waals surface area contributed by atoms with Crippen molar-refractivity contribution < 1.29 is 0 Å². The second-order valence-electron chi connectivity index (χ2n) is 6.52. The van der Waals surface area contributed by atoms with Crippen LogP contribution in [0.4, 0.5) is 0 Å². The minimum absolute atomic E-state index is 0. The van der Waals surface area contributed by atoms with Crippen molar-refractivity contribution in [1.82, 2.24) is 15.1 Å². The van der Waals surface area contributed by atoms with E-state index in [0.29, 0.717) is 6.04 Å². The SMILES string of the molecule is CN=C(NCCCc1cccc(Br)c1)N1CCC(N2CC=CC2)C1.I. The number of benzene rings is 1. The Kier molecular flexibility index (Phi) is 8.72. The number of guanidine groups is 1. The van der Waals surface area contributed by atoms with E-state index in [-0.39, 0.29) is 24.0 Å². The van der Waals surface area contributed by atoms with Gasteiger partial charge in [0.15, 0.2) is 5.96 Å². The summed E-state index contributed by atoms with van der Waals surface area (Å²) in [6, 6.07) is 9.23. The van der Waals surface area contributed by atoms with Gasteiger partial charge in [-0.25, -0.2) is 0 Å². The van der Waals surface area contributed by atoms with Gasteiger partial charge < -0.3 is 10.2 Å². The molecule has 0 saturated carbocycles. The van der Waals surface area contributed by atoms with Gasteiger partial charge >= 0.3 is 0 Å². The van der Waals surface area contributed by atoms with Crippen molar-refractivity contribution in [3.63, 3.8) is 0 Å². The molecule has 0 spiro atoms. The Balaban J connectivity index is 0.00000225. The smallest absolute Gasteiger partial charge is 0.193 e. The van der Waals surface area contributed by atoms with Gasteiger partial charge in [-0.3, -0.25) is 9.89 Å². The molecule has 4 nitrogen and oxygen atoms in total. The van der Waals surface area contributed by atoms with Gasteiger partial charge in [0.2, 0.25) is 0 Å². The van der Waals surface area contributed by atoms with E-state index < -0.39 is 0 Å². The van der Waals surface area contributed by atoms with E-state index in [1.54, 1.807) is 0 Å². The van der Waals surface area contributed by atoms with Crippen LogP contribution in [-0.4, -0.2) is 61.6 Å². The summed E-state index contributed by atoms with van der Waals surface area (Å²) in [5.74, 6) is 1.05. The van der Waals surface area contributed by atoms with E-state index in [1.807, 2.05) is 7.05 Å². The first-order chi connectivity index (χ1) is 11.8. The lowest BCUT2D eigenvalue weighted by atomic mass is 10.1. The Morgan fingerprint density at radius 1 is 1.32 bits per heavy atom. The number of likely N-dealkylation sites (tertiary alicyclic amines) is 1. The zero-order chi connectivity index (χ0) is 16.8. The molecule has 3 rings (SSSR count). The molecule has 138 valence electrons. The summed E-state index contributed by atoms with van der Waals surface area (Å²) in [5, 5.41) is 3.54. The molecule has 25 heavy (non-hydrogen) atoms. The lowest BCUT2D eigenvalue weighted by molar-refractivity contribution is 0.259. The Morgan fingerprint density at radius 2 is 2.12 bits per heavy atom. The molecule has 1 fully saturated rings. The third-order valence-corrected chi connectivity index (χ3v) is 5.35. The molecule has 0 radical (unpaired) electrons. The molecule has 1 aromatic rings. The van der Waals surface area contributed by atoms with Crippen molar-refractivity contribution in [2.45, 2.75) is 25.3 Å². The number of nitrogens with zero attached hydrogens (tertiary/aromatic N) is 3. The summed E-state index contributed by atoms with van der Waals surface area (Å²) in [4.78, 5) is 9.44. The van der Waals surface area contributed by atoms with Crippen LogP contribution in [0, 0.1) is 0 Å². The quantitative estimate of drug-likeness (QED) is 0.213. The molecule has 2 heterocycles. The predicted octanol–water partition coefficient (Wildman–Crippen LogP) is 3.52. The number of rotatable bonds is 5. The van der Waals surface area contributed by atoms with Crippen LogP contribution in [0.3, 0.4) is 0 Å². The minimum Gasteiger partial charge on any atom is -0.356 e. The van der Waals surface area contributed by atoms with Gasteiger partial charge in [0.25, 0.3) is 0 Å². The molecule has 1 N–H and O–H groups in total. The zero-order valence-electron chi connectivity index (χ0n) is 14.8. The molecule has 0 bridgehead atoms. The maximum Gasteiger partial charge on any atom is 0.193 e. The van der Waals surface area contributed by atoms with E-state index in [9.17, 15) is 0 Å². The van der Waals surface area contributed by atoms with Crippen LogP contribution in [-0.2, 0) is 6.42 Å². The Labute approximate surface area is 176 Å². The third kappa shape index (κ3) is 5.96. The van der Waals surface area contributed by atoms with Crippen LogP contribution in [0.5, 0.6) is 0 Å². The molecule has 1 aromatic carbocycles. The number of aliphatic imine (C=N–C) groups is 1. The lowest BCUT2D eigenvalue weighted by Gasteiger charge is -2.25. The highest BCUT2D eigenvalue weighted by atomic mass is 127. The van der Waals surface area contributed by atoms with Gasteiger partial charge in [0.05, 0.1) is 0 Å². The zero-order valence-corrected chi connectivity index (χ0v) is 18.7. The van der Waals surface area contributed by atoms with Gasteiger partial charge in [-0.1, -0.05) is 40.2 Å². The molecule has 0 amide bonds. The third-order valence-electron chi connectivity index (χ3n) is 4.85. The molecule has 1 saturated heterocycles. The molecule has 2 aliphatic rings. The van der Waals surface area contributed by atoms with E-state index >= 15 is 0 Å². The van der Waals surface area contributed by atoms with Gasteiger partial charge in [-0.2, -0.15) is 0 Å². The number of hydrogen-bond donors (Lipinski definition) is 1. The fraction of sp³-hybridized carbons (Fsp3) is 0.526. The number of aryl methyl sites for hydroxylation is 1. The summed E-state index contributed by atoms with van der Waals surface area (Å²) in [7, 11) is 1.89. The monoisotopic (exact) mass is 518 g/mol. The van der Waals surface area contributed by atoms with Crippen molar-refractivity contribution in [3.05, 3.63) is 46.5 Å². The minimum atomic E-state index is 0. The predicted molar refractivity (Wildman–Crippen MR) is 120 cm³/mol. The number of halogens is 2. The van der Waals surface area contributed by atoms with E-state index in [1.165, 1.54) is 12.0 Å². The molecular formula is C19H28BrIN4. The van der Waals surface area contributed by atoms with E-state index in [0.717, 1.165) is 56.0 Å². The molecule has 2 aliphatic heterocycles. The van der Waals surface area contributed by atoms with Crippen molar-refractivity contribution in [2.75, 3.05) is 39.8 Å². The second kappa shape index (κ2) is 10.5. The number of nitrogens with one attached hydrogen (secondary N) is 1. The van der Waals surface area contributed by atoms with E-state index in [2.05, 4.69) is 72.5 Å². The highest BCUT2D eigenvalue weighted by Gasteiger charge is 2.29. The second-order valence-corrected chi connectivity index (χ2v) is 7.44. The van der Waals surface area contributed by atoms with Crippen molar-refractivity contribution >= 4 is 45.9 Å². The summed E-state index contributed by atoms with van der Waals surface area (Å²) in [6.07, 6.45) is 7.99. The first kappa shape index (κ1) is 20.7. The summed E-state index contributed by atoms with van der Waals surface area (Å²) >= 11 is 3.53. The maximum absolute atomic E-state index is 4.48. The average molecular weight is 519 g/mol. The molecule has 6 heteroatoms. The highest BCUT2D eigenvalue weighted by Crippen LogP contribution is 2.18. The first-order valence-corrected chi connectivity index (χ1v) is 9.64. The molecule has 0 aromatic heterocycles. The van der Waals surface area contributed by atoms with Gasteiger partial charge in [0, 0.05) is 50.3 Å². The topological polar surface area (TPSA) is 30.9 Å². The van der Waals surface area contributed by atoms with Crippen LogP contribution in [0.2, 0.25) is 0 Å². The standard InChI is InChI=1S/C19H27BrN4.HI/c1-21-19(22-10-5-7-16-6-4-8-17(20)14-16)24-13-9-18(15-24)23-11-2-3-12-23;/h2-4,6,8,14,18H,5,7,9-13,15H2,1H3,(H,21,22);1H. The fourth-order valence-electron chi connectivity index (χ4n) is 3.54. The van der Waals surface area contributed by atoms with Gasteiger partial charge in [-0.15, -0.1) is 24.0 Å². The summed E-state index contributed by atoms with van der Waals surface area (Å²) < 4.78 is 1.16. The highest BCUT2D eigenvalue weighted by molar-refractivity contribution is 14.0. The first-order valence-electron chi connectivity index (χ1n) is 8.85. The van der Waals surface area contributed by atoms with Crippen LogP contribution in [0.1, 0.15) is 18.4 Å². The molecule has 1 unspecified atom stereocenters. The van der Waals surface area contributed by atoms with Crippen molar-refractivity contribution in [3.8, 4) is 0 Å². The lowest BCUT2D eigenvalue weighted by Crippen LogP contribution is -2.43. The summed E-state index contributed by atoms with van der Waals surface area (Å²) in [5.41, 5.74) is 1.38. The molecule has 0 aliphatic carbocycles. The van der Waals surface area contributed by atoms with Crippen LogP contribution < -0.4 is 5.32 Å². The Hall–Kier alpha value is -0.600. The van der Waals surface area contributed by atoms with Gasteiger partial charge in [0.1, 0.15) is 0 Å². The van der Waals surface area contributed by atoms with E-state index in [4.69, 9.17) is 0 Å². The molecular weight excluding hydrogens is 491 g/mol. The van der Waals surface area contributed by atoms with Crippen LogP contribution in [0.15, 0.2) is 45.9 Å². The van der Waals surface area contributed by atoms with Crippen molar-refractivity contribution in [1.29, 1.82) is 0 Å². The summed E-state index contributed by atoms with van der Waals surface area (Å²) in [6.45, 7) is 5.37. The van der Waals surface area contributed by atoms with Crippen molar-refractivity contribution in [2.24, 2.45) is 4.99 Å². The Morgan fingerprint density at radius 3 is 2.84 bits per heavy atom. The maximum atomic E-state index is 4.48. The van der Waals surface area contributed by atoms with Crippen LogP contribution in [0.25, 0.3) is 0 Å². The fourth-order valence-corrected chi connectivity index (χ4v) is 3.99. The normalized spacial score (nSPS) is 20.8.